The number of hydrogen-bond acceptors (Lipinski definition) is 2. The van der Waals surface area contributed by atoms with Gasteiger partial charge in [-0.15, -0.1) is 0 Å². The lowest BCUT2D eigenvalue weighted by Crippen LogP contribution is -2.38. The number of carbonyl (C=O) groups is 2. The fourth-order valence-electron chi connectivity index (χ4n) is 3.64. The first-order valence-electron chi connectivity index (χ1n) is 7.85. The maximum Gasteiger partial charge on any atom is 0.391 e. The number of hydrogen-bond donors (Lipinski definition) is 1. The summed E-state index contributed by atoms with van der Waals surface area (Å²) in [4.78, 5) is 24.7. The maximum atomic E-state index is 12.6. The molecule has 126 valence electrons. The summed E-state index contributed by atoms with van der Waals surface area (Å²) in [5, 5.41) is 8.86. The summed E-state index contributed by atoms with van der Waals surface area (Å²) in [6.07, 6.45) is -1.40. The monoisotopic (exact) mass is 321 g/mol. The molecule has 0 bridgehead atoms. The van der Waals surface area contributed by atoms with Crippen LogP contribution in [0.1, 0.15) is 51.4 Å². The quantitative estimate of drug-likeness (QED) is 0.865. The van der Waals surface area contributed by atoms with Gasteiger partial charge in [0.15, 0.2) is 0 Å². The van der Waals surface area contributed by atoms with Gasteiger partial charge in [-0.2, -0.15) is 13.2 Å². The van der Waals surface area contributed by atoms with E-state index >= 15 is 0 Å². The molecule has 0 aromatic heterocycles. The third-order valence-electron chi connectivity index (χ3n) is 4.88. The Labute approximate surface area is 127 Å². The molecule has 1 amide bonds. The molecule has 1 aliphatic heterocycles. The number of carbonyl (C=O) groups excluding carboxylic acids is 1. The first-order chi connectivity index (χ1) is 10.3. The zero-order valence-electron chi connectivity index (χ0n) is 12.4. The zero-order valence-corrected chi connectivity index (χ0v) is 12.4. The van der Waals surface area contributed by atoms with Crippen LogP contribution in [0.2, 0.25) is 0 Å². The molecular weight excluding hydrogens is 299 g/mol. The van der Waals surface area contributed by atoms with Crippen LogP contribution in [0.4, 0.5) is 13.2 Å². The number of aliphatic carboxylic acids is 1. The summed E-state index contributed by atoms with van der Waals surface area (Å²) in [6.45, 7) is 0.564. The van der Waals surface area contributed by atoms with Crippen molar-refractivity contribution in [3.8, 4) is 0 Å². The highest BCUT2D eigenvalue weighted by Gasteiger charge is 2.42. The number of carboxylic acids is 1. The minimum Gasteiger partial charge on any atom is -0.481 e. The Morgan fingerprint density at radius 3 is 2.23 bits per heavy atom. The molecular formula is C15H22F3NO3. The first kappa shape index (κ1) is 17.1. The molecule has 1 saturated heterocycles. The Bertz CT molecular complexity index is 417. The van der Waals surface area contributed by atoms with Gasteiger partial charge in [-0.05, 0) is 44.4 Å². The van der Waals surface area contributed by atoms with E-state index in [-0.39, 0.29) is 43.6 Å². The molecule has 1 N–H and O–H groups in total. The Hall–Kier alpha value is -1.27. The van der Waals surface area contributed by atoms with Gasteiger partial charge in [-0.1, -0.05) is 0 Å². The van der Waals surface area contributed by atoms with E-state index < -0.39 is 18.1 Å². The van der Waals surface area contributed by atoms with E-state index in [1.54, 1.807) is 4.90 Å². The second-order valence-electron chi connectivity index (χ2n) is 6.44. The van der Waals surface area contributed by atoms with Crippen LogP contribution in [0.25, 0.3) is 0 Å². The van der Waals surface area contributed by atoms with E-state index in [2.05, 4.69) is 0 Å². The van der Waals surface area contributed by atoms with Gasteiger partial charge in [-0.3, -0.25) is 9.59 Å². The summed E-state index contributed by atoms with van der Waals surface area (Å²) >= 11 is 0. The molecule has 22 heavy (non-hydrogen) atoms. The highest BCUT2D eigenvalue weighted by molar-refractivity contribution is 5.78. The summed E-state index contributed by atoms with van der Waals surface area (Å²) in [5.41, 5.74) is 0. The van der Waals surface area contributed by atoms with Crippen LogP contribution in [-0.4, -0.2) is 40.6 Å². The van der Waals surface area contributed by atoms with Crippen molar-refractivity contribution in [1.82, 2.24) is 4.90 Å². The van der Waals surface area contributed by atoms with Gasteiger partial charge in [-0.25, -0.2) is 0 Å². The van der Waals surface area contributed by atoms with Gasteiger partial charge >= 0.3 is 12.1 Å². The molecule has 0 aromatic carbocycles. The molecule has 2 fully saturated rings. The number of carboxylic acid groups (broad SMARTS) is 1. The predicted molar refractivity (Wildman–Crippen MR) is 73.1 cm³/mol. The topological polar surface area (TPSA) is 57.6 Å². The number of nitrogens with zero attached hydrogens (tertiary/aromatic N) is 1. The molecule has 1 unspecified atom stereocenters. The number of amides is 1. The average molecular weight is 321 g/mol. The van der Waals surface area contributed by atoms with Crippen LogP contribution >= 0.6 is 0 Å². The van der Waals surface area contributed by atoms with E-state index in [0.717, 1.165) is 6.42 Å². The van der Waals surface area contributed by atoms with Crippen LogP contribution in [0.3, 0.4) is 0 Å². The Kier molecular flexibility index (Phi) is 5.34. The minimum atomic E-state index is -4.13. The van der Waals surface area contributed by atoms with Gasteiger partial charge in [0, 0.05) is 19.0 Å². The molecule has 2 rings (SSSR count). The Balaban J connectivity index is 1.81. The van der Waals surface area contributed by atoms with Crippen LogP contribution < -0.4 is 0 Å². The molecule has 2 aliphatic rings. The molecule has 1 saturated carbocycles. The summed E-state index contributed by atoms with van der Waals surface area (Å²) in [5.74, 6) is -2.25. The molecule has 1 heterocycles. The van der Waals surface area contributed by atoms with E-state index in [1.165, 1.54) is 0 Å². The highest BCUT2D eigenvalue weighted by atomic mass is 19.4. The first-order valence-corrected chi connectivity index (χ1v) is 7.85. The fourth-order valence-corrected chi connectivity index (χ4v) is 3.64. The third kappa shape index (κ3) is 4.36. The average Bonchev–Trinajstić information content (AvgIpc) is 2.85. The van der Waals surface area contributed by atoms with E-state index in [0.29, 0.717) is 25.8 Å². The fraction of sp³-hybridized carbons (Fsp3) is 0.867. The van der Waals surface area contributed by atoms with Crippen molar-refractivity contribution >= 4 is 11.9 Å². The van der Waals surface area contributed by atoms with Crippen molar-refractivity contribution in [2.75, 3.05) is 6.54 Å². The molecule has 1 atom stereocenters. The lowest BCUT2D eigenvalue weighted by molar-refractivity contribution is -0.184. The van der Waals surface area contributed by atoms with Gasteiger partial charge in [0.2, 0.25) is 5.91 Å². The number of likely N-dealkylation sites (tertiary alicyclic amines) is 1. The van der Waals surface area contributed by atoms with Crippen molar-refractivity contribution in [1.29, 1.82) is 0 Å². The van der Waals surface area contributed by atoms with Crippen molar-refractivity contribution in [2.45, 2.75) is 63.6 Å². The maximum absolute atomic E-state index is 12.6. The molecule has 4 nitrogen and oxygen atoms in total. The van der Waals surface area contributed by atoms with Crippen molar-refractivity contribution in [2.24, 2.45) is 11.8 Å². The Morgan fingerprint density at radius 1 is 1.05 bits per heavy atom. The van der Waals surface area contributed by atoms with Crippen LogP contribution in [0.5, 0.6) is 0 Å². The molecule has 1 aliphatic carbocycles. The number of alkyl halides is 3. The minimum absolute atomic E-state index is 0.00261. The SMILES string of the molecule is O=C(O)CC1CCCN1C(=O)CC1CCC(C(F)(F)F)CC1. The Morgan fingerprint density at radius 2 is 1.68 bits per heavy atom. The summed E-state index contributed by atoms with van der Waals surface area (Å²) in [6, 6.07) is -0.253. The number of rotatable bonds is 4. The largest absolute Gasteiger partial charge is 0.481 e. The standard InChI is InChI=1S/C15H22F3NO3/c16-15(17,18)11-5-3-10(4-6-11)8-13(20)19-7-1-2-12(19)9-14(21)22/h10-12H,1-9H2,(H,21,22). The zero-order chi connectivity index (χ0) is 16.3. The van der Waals surface area contributed by atoms with Gasteiger partial charge in [0.1, 0.15) is 0 Å². The number of halogens is 3. The van der Waals surface area contributed by atoms with Gasteiger partial charge < -0.3 is 10.0 Å². The van der Waals surface area contributed by atoms with Gasteiger partial charge in [0.25, 0.3) is 0 Å². The predicted octanol–water partition coefficient (Wildman–Crippen LogP) is 3.21. The normalized spacial score (nSPS) is 29.6. The van der Waals surface area contributed by atoms with Crippen LogP contribution in [0, 0.1) is 11.8 Å². The second kappa shape index (κ2) is 6.87. The van der Waals surface area contributed by atoms with Gasteiger partial charge in [0.05, 0.1) is 12.3 Å². The van der Waals surface area contributed by atoms with Crippen molar-refractivity contribution in [3.05, 3.63) is 0 Å². The molecule has 0 spiro atoms. The van der Waals surface area contributed by atoms with Crippen LogP contribution in [-0.2, 0) is 9.59 Å². The lowest BCUT2D eigenvalue weighted by Gasteiger charge is -2.31. The van der Waals surface area contributed by atoms with Crippen molar-refractivity contribution in [3.63, 3.8) is 0 Å². The summed E-state index contributed by atoms with van der Waals surface area (Å²) < 4.78 is 37.9. The van der Waals surface area contributed by atoms with E-state index in [1.807, 2.05) is 0 Å². The third-order valence-corrected chi connectivity index (χ3v) is 4.88. The van der Waals surface area contributed by atoms with E-state index in [9.17, 15) is 22.8 Å². The van der Waals surface area contributed by atoms with Crippen LogP contribution in [0.15, 0.2) is 0 Å². The van der Waals surface area contributed by atoms with Crippen molar-refractivity contribution < 1.29 is 27.9 Å². The molecule has 7 heteroatoms. The highest BCUT2D eigenvalue weighted by Crippen LogP contribution is 2.40. The second-order valence-corrected chi connectivity index (χ2v) is 6.44. The van der Waals surface area contributed by atoms with E-state index in [4.69, 9.17) is 5.11 Å². The lowest BCUT2D eigenvalue weighted by atomic mass is 9.80. The smallest absolute Gasteiger partial charge is 0.391 e. The summed E-state index contributed by atoms with van der Waals surface area (Å²) in [7, 11) is 0. The molecule has 0 radical (unpaired) electrons. The molecule has 0 aromatic rings.